The Labute approximate surface area is 112 Å². The van der Waals surface area contributed by atoms with Crippen LogP contribution >= 0.6 is 11.6 Å². The van der Waals surface area contributed by atoms with Gasteiger partial charge in [-0.2, -0.15) is 0 Å². The average Bonchev–Trinajstić information content (AvgIpc) is 2.40. The second-order valence-electron chi connectivity index (χ2n) is 3.98. The number of nitrogens with zero attached hydrogens (tertiary/aromatic N) is 2. The monoisotopic (exact) mass is 262 g/mol. The van der Waals surface area contributed by atoms with Crippen LogP contribution in [0.2, 0.25) is 0 Å². The van der Waals surface area contributed by atoms with Crippen molar-refractivity contribution in [1.29, 1.82) is 0 Å². The van der Waals surface area contributed by atoms with E-state index in [1.807, 2.05) is 24.3 Å². The van der Waals surface area contributed by atoms with Gasteiger partial charge in [-0.3, -0.25) is 4.98 Å². The Hall–Kier alpha value is -1.61. The Morgan fingerprint density at radius 1 is 1.33 bits per heavy atom. The summed E-state index contributed by atoms with van der Waals surface area (Å²) in [5, 5.41) is 0. The van der Waals surface area contributed by atoms with Crippen LogP contribution in [0.1, 0.15) is 24.6 Å². The number of ether oxygens (including phenoxy) is 1. The third-order valence-corrected chi connectivity index (χ3v) is 2.74. The van der Waals surface area contributed by atoms with E-state index in [0.29, 0.717) is 17.5 Å². The summed E-state index contributed by atoms with van der Waals surface area (Å²) in [5.41, 5.74) is 2.03. The van der Waals surface area contributed by atoms with Gasteiger partial charge in [-0.15, -0.1) is 11.6 Å². The molecule has 4 heteroatoms. The molecular weight excluding hydrogens is 248 g/mol. The number of aryl methyl sites for hydroxylation is 1. The van der Waals surface area contributed by atoms with Gasteiger partial charge in [0.15, 0.2) is 0 Å². The summed E-state index contributed by atoms with van der Waals surface area (Å²) < 4.78 is 5.68. The molecule has 18 heavy (non-hydrogen) atoms. The molecular formula is C14H15ClN2O. The van der Waals surface area contributed by atoms with Crippen molar-refractivity contribution in [2.24, 2.45) is 0 Å². The van der Waals surface area contributed by atoms with Crippen LogP contribution in [0.3, 0.4) is 0 Å². The maximum atomic E-state index is 5.88. The SMILES string of the molecule is CCCc1cc(CCl)cc(Oc2cccnc2)n1. The van der Waals surface area contributed by atoms with Gasteiger partial charge in [-0.1, -0.05) is 13.3 Å². The van der Waals surface area contributed by atoms with Gasteiger partial charge < -0.3 is 4.74 Å². The first-order chi connectivity index (χ1) is 8.81. The van der Waals surface area contributed by atoms with Crippen molar-refractivity contribution in [2.45, 2.75) is 25.6 Å². The van der Waals surface area contributed by atoms with E-state index < -0.39 is 0 Å². The second kappa shape index (κ2) is 6.36. The summed E-state index contributed by atoms with van der Waals surface area (Å²) in [4.78, 5) is 8.46. The Bertz CT molecular complexity index is 502. The molecule has 0 N–H and O–H groups in total. The highest BCUT2D eigenvalue weighted by Crippen LogP contribution is 2.21. The number of rotatable bonds is 5. The minimum atomic E-state index is 0.461. The van der Waals surface area contributed by atoms with Crippen LogP contribution in [0.15, 0.2) is 36.7 Å². The summed E-state index contributed by atoms with van der Waals surface area (Å²) in [6, 6.07) is 7.56. The smallest absolute Gasteiger partial charge is 0.219 e. The molecule has 0 aromatic carbocycles. The zero-order valence-electron chi connectivity index (χ0n) is 10.3. The molecule has 0 aliphatic rings. The number of hydrogen-bond donors (Lipinski definition) is 0. The highest BCUT2D eigenvalue weighted by Gasteiger charge is 2.04. The fraction of sp³-hybridized carbons (Fsp3) is 0.286. The van der Waals surface area contributed by atoms with Crippen molar-refractivity contribution < 1.29 is 4.74 Å². The van der Waals surface area contributed by atoms with E-state index in [1.54, 1.807) is 12.4 Å². The molecule has 3 nitrogen and oxygen atoms in total. The quantitative estimate of drug-likeness (QED) is 0.765. The molecule has 0 saturated carbocycles. The van der Waals surface area contributed by atoms with Crippen molar-refractivity contribution in [2.75, 3.05) is 0 Å². The Balaban J connectivity index is 2.24. The lowest BCUT2D eigenvalue weighted by molar-refractivity contribution is 0.458. The minimum absolute atomic E-state index is 0.461. The predicted octanol–water partition coefficient (Wildman–Crippen LogP) is 3.96. The van der Waals surface area contributed by atoms with Gasteiger partial charge in [0.1, 0.15) is 5.75 Å². The van der Waals surface area contributed by atoms with Gasteiger partial charge >= 0.3 is 0 Å². The fourth-order valence-electron chi connectivity index (χ4n) is 1.66. The van der Waals surface area contributed by atoms with E-state index in [9.17, 15) is 0 Å². The van der Waals surface area contributed by atoms with Crippen molar-refractivity contribution in [3.63, 3.8) is 0 Å². The Morgan fingerprint density at radius 2 is 2.22 bits per heavy atom. The largest absolute Gasteiger partial charge is 0.437 e. The molecule has 2 aromatic heterocycles. The van der Waals surface area contributed by atoms with Gasteiger partial charge in [0, 0.05) is 23.8 Å². The number of halogens is 1. The lowest BCUT2D eigenvalue weighted by Gasteiger charge is -2.08. The van der Waals surface area contributed by atoms with Gasteiger partial charge in [0.25, 0.3) is 0 Å². The Morgan fingerprint density at radius 3 is 2.89 bits per heavy atom. The van der Waals surface area contributed by atoms with Crippen LogP contribution in [-0.4, -0.2) is 9.97 Å². The van der Waals surface area contributed by atoms with E-state index in [-0.39, 0.29) is 0 Å². The highest BCUT2D eigenvalue weighted by atomic mass is 35.5. The average molecular weight is 263 g/mol. The van der Waals surface area contributed by atoms with Crippen LogP contribution in [0, 0.1) is 0 Å². The van der Waals surface area contributed by atoms with Gasteiger partial charge in [0.05, 0.1) is 6.20 Å². The van der Waals surface area contributed by atoms with Gasteiger partial charge in [0.2, 0.25) is 5.88 Å². The summed E-state index contributed by atoms with van der Waals surface area (Å²) in [7, 11) is 0. The molecule has 0 saturated heterocycles. The van der Waals surface area contributed by atoms with Crippen LogP contribution in [-0.2, 0) is 12.3 Å². The molecule has 0 aliphatic heterocycles. The van der Waals surface area contributed by atoms with E-state index in [1.165, 1.54) is 0 Å². The van der Waals surface area contributed by atoms with E-state index in [4.69, 9.17) is 16.3 Å². The zero-order valence-corrected chi connectivity index (χ0v) is 11.0. The van der Waals surface area contributed by atoms with E-state index >= 15 is 0 Å². The molecule has 0 spiro atoms. The summed E-state index contributed by atoms with van der Waals surface area (Å²) >= 11 is 5.88. The molecule has 0 atom stereocenters. The molecule has 0 unspecified atom stereocenters. The Kier molecular flexibility index (Phi) is 4.53. The maximum Gasteiger partial charge on any atom is 0.219 e. The summed E-state index contributed by atoms with van der Waals surface area (Å²) in [5.74, 6) is 1.71. The molecule has 0 amide bonds. The maximum absolute atomic E-state index is 5.88. The van der Waals surface area contributed by atoms with Crippen LogP contribution in [0.4, 0.5) is 0 Å². The van der Waals surface area contributed by atoms with Gasteiger partial charge in [-0.05, 0) is 30.2 Å². The molecule has 0 aliphatic carbocycles. The van der Waals surface area contributed by atoms with Crippen molar-refractivity contribution in [3.8, 4) is 11.6 Å². The van der Waals surface area contributed by atoms with Crippen molar-refractivity contribution in [3.05, 3.63) is 47.9 Å². The third-order valence-electron chi connectivity index (χ3n) is 2.43. The second-order valence-corrected chi connectivity index (χ2v) is 4.25. The minimum Gasteiger partial charge on any atom is -0.437 e. The topological polar surface area (TPSA) is 35.0 Å². The lowest BCUT2D eigenvalue weighted by Crippen LogP contribution is -1.96. The van der Waals surface area contributed by atoms with Crippen LogP contribution < -0.4 is 4.74 Å². The van der Waals surface area contributed by atoms with Crippen LogP contribution in [0.5, 0.6) is 11.6 Å². The number of pyridine rings is 2. The predicted molar refractivity (Wildman–Crippen MR) is 72.1 cm³/mol. The molecule has 0 radical (unpaired) electrons. The molecule has 2 aromatic rings. The molecule has 2 rings (SSSR count). The molecule has 0 fully saturated rings. The lowest BCUT2D eigenvalue weighted by atomic mass is 10.2. The number of hydrogen-bond acceptors (Lipinski definition) is 3. The zero-order chi connectivity index (χ0) is 12.8. The number of aromatic nitrogens is 2. The molecule has 94 valence electrons. The molecule has 2 heterocycles. The first kappa shape index (κ1) is 12.8. The highest BCUT2D eigenvalue weighted by molar-refractivity contribution is 6.17. The summed E-state index contributed by atoms with van der Waals surface area (Å²) in [6.07, 6.45) is 5.34. The molecule has 0 bridgehead atoms. The van der Waals surface area contributed by atoms with Crippen molar-refractivity contribution >= 4 is 11.6 Å². The first-order valence-electron chi connectivity index (χ1n) is 5.95. The third kappa shape index (κ3) is 3.44. The van der Waals surface area contributed by atoms with Crippen LogP contribution in [0.25, 0.3) is 0 Å². The normalized spacial score (nSPS) is 10.3. The summed E-state index contributed by atoms with van der Waals surface area (Å²) in [6.45, 7) is 2.12. The van der Waals surface area contributed by atoms with E-state index in [2.05, 4.69) is 16.9 Å². The first-order valence-corrected chi connectivity index (χ1v) is 6.49. The fourth-order valence-corrected chi connectivity index (χ4v) is 1.82. The van der Waals surface area contributed by atoms with E-state index in [0.717, 1.165) is 24.1 Å². The van der Waals surface area contributed by atoms with Gasteiger partial charge in [-0.25, -0.2) is 4.98 Å². The standard InChI is InChI=1S/C14H15ClN2O/c1-2-4-12-7-11(9-15)8-14(17-12)18-13-5-3-6-16-10-13/h3,5-8,10H,2,4,9H2,1H3. The number of alkyl halides is 1. The van der Waals surface area contributed by atoms with Crippen molar-refractivity contribution in [1.82, 2.24) is 9.97 Å².